The van der Waals surface area contributed by atoms with Crippen LogP contribution in [0.5, 0.6) is 0 Å². The van der Waals surface area contributed by atoms with E-state index in [-0.39, 0.29) is 6.04 Å². The summed E-state index contributed by atoms with van der Waals surface area (Å²) in [6.07, 6.45) is 2.79. The third kappa shape index (κ3) is 3.49. The fourth-order valence-corrected chi connectivity index (χ4v) is 2.60. The van der Waals surface area contributed by atoms with E-state index in [2.05, 4.69) is 33.9 Å². The largest absolute Gasteiger partial charge is 0.324 e. The number of hydrogen-bond donors (Lipinski definition) is 1. The topological polar surface area (TPSA) is 58.3 Å². The van der Waals surface area contributed by atoms with Crippen molar-refractivity contribution in [1.82, 2.24) is 19.8 Å². The third-order valence-corrected chi connectivity index (χ3v) is 3.96. The van der Waals surface area contributed by atoms with E-state index >= 15 is 0 Å². The molecule has 0 bridgehead atoms. The highest BCUT2D eigenvalue weighted by atomic mass is 15.3. The summed E-state index contributed by atoms with van der Waals surface area (Å²) in [4.78, 5) is 13.9. The zero-order valence-corrected chi connectivity index (χ0v) is 12.4. The number of nitrogens with zero attached hydrogens (tertiary/aromatic N) is 4. The number of aromatic nitrogens is 2. The van der Waals surface area contributed by atoms with Gasteiger partial charge in [-0.05, 0) is 27.9 Å². The summed E-state index contributed by atoms with van der Waals surface area (Å²) >= 11 is 0. The van der Waals surface area contributed by atoms with Crippen LogP contribution in [0.25, 0.3) is 0 Å². The Balaban J connectivity index is 2.08. The lowest BCUT2D eigenvalue weighted by Crippen LogP contribution is -2.51. The molecule has 2 unspecified atom stereocenters. The second kappa shape index (κ2) is 5.94. The highest BCUT2D eigenvalue weighted by Gasteiger charge is 2.23. The van der Waals surface area contributed by atoms with Gasteiger partial charge in [-0.2, -0.15) is 0 Å². The van der Waals surface area contributed by atoms with Crippen molar-refractivity contribution in [3.8, 4) is 0 Å². The van der Waals surface area contributed by atoms with Gasteiger partial charge < -0.3 is 15.5 Å². The average Bonchev–Trinajstić information content (AvgIpc) is 2.33. The lowest BCUT2D eigenvalue weighted by atomic mass is 10.1. The molecule has 0 amide bonds. The van der Waals surface area contributed by atoms with Crippen molar-refractivity contribution in [2.45, 2.75) is 32.4 Å². The molecule has 1 aliphatic rings. The Morgan fingerprint density at radius 1 is 1.42 bits per heavy atom. The molecule has 1 aromatic rings. The fraction of sp³-hybridized carbons (Fsp3) is 0.714. The first-order chi connectivity index (χ1) is 8.97. The van der Waals surface area contributed by atoms with Crippen molar-refractivity contribution < 1.29 is 0 Å². The van der Waals surface area contributed by atoms with Crippen molar-refractivity contribution in [3.05, 3.63) is 23.3 Å². The van der Waals surface area contributed by atoms with Gasteiger partial charge >= 0.3 is 0 Å². The van der Waals surface area contributed by atoms with E-state index in [0.29, 0.717) is 6.04 Å². The Kier molecular flexibility index (Phi) is 4.50. The maximum absolute atomic E-state index is 5.89. The minimum atomic E-state index is -0.00228. The zero-order chi connectivity index (χ0) is 14.0. The standard InChI is InChI=1S/C14H25N5/c1-10(15)13-8-16-14(17-11(13)2)7-12-9-18(3)5-6-19(12)4/h8,10,12H,5-7,9,15H2,1-4H3. The molecule has 2 N–H and O–H groups in total. The molecular weight excluding hydrogens is 238 g/mol. The molecule has 1 aromatic heterocycles. The number of piperazine rings is 1. The predicted octanol–water partition coefficient (Wildman–Crippen LogP) is 0.593. The van der Waals surface area contributed by atoms with Crippen LogP contribution in [0.4, 0.5) is 0 Å². The van der Waals surface area contributed by atoms with Crippen LogP contribution in [0.15, 0.2) is 6.20 Å². The molecule has 1 aliphatic heterocycles. The molecule has 0 aliphatic carbocycles. The van der Waals surface area contributed by atoms with E-state index in [1.165, 1.54) is 0 Å². The quantitative estimate of drug-likeness (QED) is 0.865. The lowest BCUT2D eigenvalue weighted by Gasteiger charge is -2.37. The van der Waals surface area contributed by atoms with Crippen LogP contribution in [0.3, 0.4) is 0 Å². The molecule has 0 spiro atoms. The summed E-state index contributed by atoms with van der Waals surface area (Å²) in [5.41, 5.74) is 7.94. The monoisotopic (exact) mass is 263 g/mol. The van der Waals surface area contributed by atoms with Gasteiger partial charge in [0.15, 0.2) is 0 Å². The van der Waals surface area contributed by atoms with Crippen molar-refractivity contribution in [2.24, 2.45) is 5.73 Å². The van der Waals surface area contributed by atoms with E-state index in [9.17, 15) is 0 Å². The molecule has 0 radical (unpaired) electrons. The minimum absolute atomic E-state index is 0.00228. The van der Waals surface area contributed by atoms with Crippen LogP contribution >= 0.6 is 0 Å². The number of likely N-dealkylation sites (N-methyl/N-ethyl adjacent to an activating group) is 2. The summed E-state index contributed by atoms with van der Waals surface area (Å²) in [7, 11) is 4.35. The van der Waals surface area contributed by atoms with E-state index < -0.39 is 0 Å². The first-order valence-corrected chi connectivity index (χ1v) is 6.94. The van der Waals surface area contributed by atoms with Gasteiger partial charge in [0.2, 0.25) is 0 Å². The van der Waals surface area contributed by atoms with E-state index in [0.717, 1.165) is 43.1 Å². The molecule has 2 atom stereocenters. The van der Waals surface area contributed by atoms with Gasteiger partial charge in [0.05, 0.1) is 0 Å². The highest BCUT2D eigenvalue weighted by molar-refractivity contribution is 5.19. The summed E-state index contributed by atoms with van der Waals surface area (Å²) in [5.74, 6) is 0.925. The Hall–Kier alpha value is -1.04. The van der Waals surface area contributed by atoms with Gasteiger partial charge in [0.25, 0.3) is 0 Å². The molecule has 5 nitrogen and oxygen atoms in total. The second-order valence-corrected chi connectivity index (χ2v) is 5.72. The molecule has 19 heavy (non-hydrogen) atoms. The Morgan fingerprint density at radius 3 is 2.79 bits per heavy atom. The van der Waals surface area contributed by atoms with Gasteiger partial charge in [-0.1, -0.05) is 0 Å². The molecule has 2 rings (SSSR count). The van der Waals surface area contributed by atoms with Crippen molar-refractivity contribution in [2.75, 3.05) is 33.7 Å². The SMILES string of the molecule is Cc1nc(CC2CN(C)CCN2C)ncc1C(C)N. The van der Waals surface area contributed by atoms with Gasteiger partial charge in [-0.3, -0.25) is 0 Å². The van der Waals surface area contributed by atoms with Crippen LogP contribution in [0.1, 0.15) is 30.0 Å². The van der Waals surface area contributed by atoms with Crippen molar-refractivity contribution >= 4 is 0 Å². The summed E-state index contributed by atoms with van der Waals surface area (Å²) < 4.78 is 0. The zero-order valence-electron chi connectivity index (χ0n) is 12.4. The minimum Gasteiger partial charge on any atom is -0.324 e. The summed E-state index contributed by atoms with van der Waals surface area (Å²) in [6.45, 7) is 7.30. The molecule has 1 fully saturated rings. The smallest absolute Gasteiger partial charge is 0.130 e. The van der Waals surface area contributed by atoms with Crippen LogP contribution in [0, 0.1) is 6.92 Å². The van der Waals surface area contributed by atoms with Gasteiger partial charge in [-0.15, -0.1) is 0 Å². The van der Waals surface area contributed by atoms with Crippen LogP contribution in [0.2, 0.25) is 0 Å². The molecule has 106 valence electrons. The predicted molar refractivity (Wildman–Crippen MR) is 77.0 cm³/mol. The third-order valence-electron chi connectivity index (χ3n) is 3.96. The van der Waals surface area contributed by atoms with E-state index in [4.69, 9.17) is 5.73 Å². The number of hydrogen-bond acceptors (Lipinski definition) is 5. The first kappa shape index (κ1) is 14.4. The molecule has 0 aromatic carbocycles. The van der Waals surface area contributed by atoms with Gasteiger partial charge in [0.1, 0.15) is 5.82 Å². The number of aryl methyl sites for hydroxylation is 1. The maximum Gasteiger partial charge on any atom is 0.130 e. The van der Waals surface area contributed by atoms with Gasteiger partial charge in [0, 0.05) is 55.6 Å². The molecular formula is C14H25N5. The molecule has 2 heterocycles. The molecule has 1 saturated heterocycles. The van der Waals surface area contributed by atoms with Crippen LogP contribution in [-0.2, 0) is 6.42 Å². The van der Waals surface area contributed by atoms with Gasteiger partial charge in [-0.25, -0.2) is 9.97 Å². The van der Waals surface area contributed by atoms with Crippen LogP contribution < -0.4 is 5.73 Å². The van der Waals surface area contributed by atoms with Crippen LogP contribution in [-0.4, -0.2) is 59.5 Å². The Bertz CT molecular complexity index is 432. The fourth-order valence-electron chi connectivity index (χ4n) is 2.60. The summed E-state index contributed by atoms with van der Waals surface area (Å²) in [5, 5.41) is 0. The Morgan fingerprint density at radius 2 is 2.16 bits per heavy atom. The molecule has 5 heteroatoms. The Labute approximate surface area is 115 Å². The number of nitrogens with two attached hydrogens (primary N) is 1. The van der Waals surface area contributed by atoms with E-state index in [1.807, 2.05) is 20.0 Å². The summed E-state index contributed by atoms with van der Waals surface area (Å²) in [6, 6.07) is 0.497. The molecule has 0 saturated carbocycles. The first-order valence-electron chi connectivity index (χ1n) is 6.94. The number of rotatable bonds is 3. The normalized spacial score (nSPS) is 23.5. The maximum atomic E-state index is 5.89. The second-order valence-electron chi connectivity index (χ2n) is 5.72. The van der Waals surface area contributed by atoms with Crippen molar-refractivity contribution in [1.29, 1.82) is 0 Å². The average molecular weight is 263 g/mol. The lowest BCUT2D eigenvalue weighted by molar-refractivity contribution is 0.113. The van der Waals surface area contributed by atoms with Crippen molar-refractivity contribution in [3.63, 3.8) is 0 Å². The highest BCUT2D eigenvalue weighted by Crippen LogP contribution is 2.14. The van der Waals surface area contributed by atoms with E-state index in [1.54, 1.807) is 0 Å².